The molecular weight excluding hydrogens is 468 g/mol. The molecule has 1 aliphatic heterocycles. The fourth-order valence-corrected chi connectivity index (χ4v) is 4.29. The molecule has 0 aliphatic carbocycles. The first-order valence-electron chi connectivity index (χ1n) is 11.7. The lowest BCUT2D eigenvalue weighted by Crippen LogP contribution is -2.46. The first-order valence-corrected chi connectivity index (χ1v) is 12.1. The maximum atomic E-state index is 13.4. The second-order valence-corrected chi connectivity index (χ2v) is 9.08. The molecule has 0 N–H and O–H groups in total. The zero-order valence-corrected chi connectivity index (χ0v) is 20.7. The van der Waals surface area contributed by atoms with Crippen molar-refractivity contribution in [1.29, 1.82) is 0 Å². The summed E-state index contributed by atoms with van der Waals surface area (Å²) >= 11 is 5.98. The van der Waals surface area contributed by atoms with Gasteiger partial charge in [-0.05, 0) is 62.6 Å². The Morgan fingerprint density at radius 1 is 1.14 bits per heavy atom. The average Bonchev–Trinajstić information content (AvgIpc) is 3.37. The molecule has 8 nitrogen and oxygen atoms in total. The Morgan fingerprint density at radius 2 is 1.89 bits per heavy atom. The molecule has 1 atom stereocenters. The number of nitrogens with zero attached hydrogens (tertiary/aromatic N) is 4. The van der Waals surface area contributed by atoms with E-state index in [0.29, 0.717) is 42.0 Å². The summed E-state index contributed by atoms with van der Waals surface area (Å²) in [6, 6.07) is 14.2. The molecule has 9 heteroatoms. The van der Waals surface area contributed by atoms with E-state index in [1.807, 2.05) is 31.2 Å². The number of carbonyl (C=O) groups is 2. The van der Waals surface area contributed by atoms with Crippen LogP contribution in [-0.2, 0) is 9.53 Å². The molecule has 1 aromatic heterocycles. The number of halogens is 1. The predicted octanol–water partition coefficient (Wildman–Crippen LogP) is 4.54. The van der Waals surface area contributed by atoms with E-state index in [1.165, 1.54) is 4.90 Å². The van der Waals surface area contributed by atoms with Crippen molar-refractivity contribution in [3.05, 3.63) is 70.6 Å². The number of benzene rings is 2. The number of hydrogen-bond acceptors (Lipinski definition) is 6. The molecule has 1 unspecified atom stereocenters. The third kappa shape index (κ3) is 6.07. The standard InChI is InChI=1S/C26H29ClN4O4/c1-18-6-8-20(9-7-18)26(33)30(15-16-34-2)17-23(32)31-14-4-3-5-22(31)25-28-24(29-35-25)19-10-12-21(27)13-11-19/h6-13,22H,3-5,14-17H2,1-2H3. The molecule has 0 saturated carbocycles. The van der Waals surface area contributed by atoms with E-state index in [4.69, 9.17) is 20.9 Å². The van der Waals surface area contributed by atoms with Crippen LogP contribution in [0.1, 0.15) is 47.1 Å². The van der Waals surface area contributed by atoms with Gasteiger partial charge >= 0.3 is 0 Å². The zero-order chi connectivity index (χ0) is 24.8. The molecule has 2 amide bonds. The largest absolute Gasteiger partial charge is 0.383 e. The minimum absolute atomic E-state index is 0.0508. The number of aromatic nitrogens is 2. The second kappa shape index (κ2) is 11.5. The lowest BCUT2D eigenvalue weighted by atomic mass is 10.0. The second-order valence-electron chi connectivity index (χ2n) is 8.65. The third-order valence-corrected chi connectivity index (χ3v) is 6.38. The van der Waals surface area contributed by atoms with Crippen LogP contribution in [0.25, 0.3) is 11.4 Å². The van der Waals surface area contributed by atoms with Gasteiger partial charge in [0.2, 0.25) is 17.6 Å². The Hall–Kier alpha value is -3.23. The number of piperidine rings is 1. The minimum atomic E-state index is -0.330. The monoisotopic (exact) mass is 496 g/mol. The Morgan fingerprint density at radius 3 is 2.60 bits per heavy atom. The van der Waals surface area contributed by atoms with E-state index in [1.54, 1.807) is 36.3 Å². The molecule has 3 aromatic rings. The summed E-state index contributed by atoms with van der Waals surface area (Å²) in [6.45, 7) is 3.13. The van der Waals surface area contributed by atoms with Gasteiger partial charge in [-0.15, -0.1) is 0 Å². The predicted molar refractivity (Wildman–Crippen MR) is 132 cm³/mol. The first-order chi connectivity index (χ1) is 17.0. The Bertz CT molecular complexity index is 1150. The van der Waals surface area contributed by atoms with Crippen LogP contribution in [0.5, 0.6) is 0 Å². The molecular formula is C26H29ClN4O4. The topological polar surface area (TPSA) is 88.8 Å². The highest BCUT2D eigenvalue weighted by Gasteiger charge is 2.33. The molecule has 1 fully saturated rings. The molecule has 35 heavy (non-hydrogen) atoms. The zero-order valence-electron chi connectivity index (χ0n) is 19.9. The smallest absolute Gasteiger partial charge is 0.254 e. The third-order valence-electron chi connectivity index (χ3n) is 6.13. The summed E-state index contributed by atoms with van der Waals surface area (Å²) in [7, 11) is 1.57. The van der Waals surface area contributed by atoms with Gasteiger partial charge < -0.3 is 19.1 Å². The van der Waals surface area contributed by atoms with E-state index in [0.717, 1.165) is 30.4 Å². The van der Waals surface area contributed by atoms with E-state index in [9.17, 15) is 9.59 Å². The summed E-state index contributed by atoms with van der Waals surface area (Å²) in [5.74, 6) is 0.492. The van der Waals surface area contributed by atoms with Crippen LogP contribution in [0.4, 0.5) is 0 Å². The molecule has 0 bridgehead atoms. The maximum Gasteiger partial charge on any atom is 0.254 e. The van der Waals surface area contributed by atoms with Crippen LogP contribution >= 0.6 is 11.6 Å². The molecule has 2 heterocycles. The quantitative estimate of drug-likeness (QED) is 0.455. The van der Waals surface area contributed by atoms with Crippen molar-refractivity contribution in [3.63, 3.8) is 0 Å². The number of methoxy groups -OCH3 is 1. The fraction of sp³-hybridized carbons (Fsp3) is 0.385. The van der Waals surface area contributed by atoms with Gasteiger partial charge in [0.25, 0.3) is 5.91 Å². The molecule has 1 saturated heterocycles. The summed E-state index contributed by atoms with van der Waals surface area (Å²) in [5.41, 5.74) is 2.39. The van der Waals surface area contributed by atoms with Gasteiger partial charge in [-0.2, -0.15) is 4.98 Å². The van der Waals surface area contributed by atoms with Crippen molar-refractivity contribution in [2.24, 2.45) is 0 Å². The molecule has 0 spiro atoms. The van der Waals surface area contributed by atoms with Crippen molar-refractivity contribution in [3.8, 4) is 11.4 Å². The van der Waals surface area contributed by atoms with Crippen LogP contribution in [0.2, 0.25) is 5.02 Å². The van der Waals surface area contributed by atoms with Crippen LogP contribution in [0, 0.1) is 6.92 Å². The van der Waals surface area contributed by atoms with Gasteiger partial charge in [0.1, 0.15) is 12.6 Å². The number of aryl methyl sites for hydroxylation is 1. The molecule has 184 valence electrons. The van der Waals surface area contributed by atoms with Gasteiger partial charge in [0.15, 0.2) is 0 Å². The van der Waals surface area contributed by atoms with Gasteiger partial charge in [-0.3, -0.25) is 9.59 Å². The van der Waals surface area contributed by atoms with E-state index in [-0.39, 0.29) is 24.4 Å². The molecule has 2 aromatic carbocycles. The van der Waals surface area contributed by atoms with Crippen molar-refractivity contribution in [1.82, 2.24) is 19.9 Å². The van der Waals surface area contributed by atoms with Crippen LogP contribution < -0.4 is 0 Å². The van der Waals surface area contributed by atoms with E-state index in [2.05, 4.69) is 10.1 Å². The summed E-state index contributed by atoms with van der Waals surface area (Å²) in [5, 5.41) is 4.74. The lowest BCUT2D eigenvalue weighted by Gasteiger charge is -2.35. The Labute approximate surface area is 209 Å². The van der Waals surface area contributed by atoms with Gasteiger partial charge in [-0.1, -0.05) is 34.5 Å². The summed E-state index contributed by atoms with van der Waals surface area (Å²) in [4.78, 5) is 34.5. The SMILES string of the molecule is COCCN(CC(=O)N1CCCCC1c1nc(-c2ccc(Cl)cc2)no1)C(=O)c1ccc(C)cc1. The number of carbonyl (C=O) groups excluding carboxylic acids is 2. The van der Waals surface area contributed by atoms with Crippen molar-refractivity contribution >= 4 is 23.4 Å². The van der Waals surface area contributed by atoms with Crippen LogP contribution in [0.3, 0.4) is 0 Å². The lowest BCUT2D eigenvalue weighted by molar-refractivity contribution is -0.136. The molecule has 0 radical (unpaired) electrons. The number of rotatable bonds is 8. The average molecular weight is 497 g/mol. The van der Waals surface area contributed by atoms with Crippen molar-refractivity contribution in [2.75, 3.05) is 33.4 Å². The molecule has 4 rings (SSSR count). The van der Waals surface area contributed by atoms with Gasteiger partial charge in [0.05, 0.1) is 6.61 Å². The molecule has 1 aliphatic rings. The normalized spacial score (nSPS) is 15.7. The van der Waals surface area contributed by atoms with Crippen molar-refractivity contribution < 1.29 is 18.8 Å². The van der Waals surface area contributed by atoms with Crippen LogP contribution in [0.15, 0.2) is 53.1 Å². The highest BCUT2D eigenvalue weighted by atomic mass is 35.5. The highest BCUT2D eigenvalue weighted by Crippen LogP contribution is 2.31. The Kier molecular flexibility index (Phi) is 8.15. The fourth-order valence-electron chi connectivity index (χ4n) is 4.16. The summed E-state index contributed by atoms with van der Waals surface area (Å²) in [6.07, 6.45) is 2.55. The summed E-state index contributed by atoms with van der Waals surface area (Å²) < 4.78 is 10.8. The van der Waals surface area contributed by atoms with Gasteiger partial charge in [0, 0.05) is 36.3 Å². The maximum absolute atomic E-state index is 13.4. The number of ether oxygens (including phenoxy) is 1. The van der Waals surface area contributed by atoms with Crippen molar-refractivity contribution in [2.45, 2.75) is 32.2 Å². The van der Waals surface area contributed by atoms with E-state index < -0.39 is 0 Å². The minimum Gasteiger partial charge on any atom is -0.383 e. The number of amides is 2. The van der Waals surface area contributed by atoms with Gasteiger partial charge in [-0.25, -0.2) is 0 Å². The first kappa shape index (κ1) is 24.9. The highest BCUT2D eigenvalue weighted by molar-refractivity contribution is 6.30. The van der Waals surface area contributed by atoms with E-state index >= 15 is 0 Å². The number of likely N-dealkylation sites (tertiary alicyclic amines) is 1. The number of hydrogen-bond donors (Lipinski definition) is 0. The van der Waals surface area contributed by atoms with Crippen LogP contribution in [-0.4, -0.2) is 65.1 Å². The Balaban J connectivity index is 1.51.